The molecule has 0 amide bonds. The monoisotopic (exact) mass is 262 g/mol. The Morgan fingerprint density at radius 2 is 2.24 bits per heavy atom. The smallest absolute Gasteiger partial charge is 0.214 e. The van der Waals surface area contributed by atoms with Crippen LogP contribution in [-0.2, 0) is 14.8 Å². The fourth-order valence-corrected chi connectivity index (χ4v) is 4.23. The highest BCUT2D eigenvalue weighted by Gasteiger charge is 2.31. The van der Waals surface area contributed by atoms with Gasteiger partial charge in [0.2, 0.25) is 10.0 Å². The third kappa shape index (κ3) is 3.40. The first kappa shape index (κ1) is 13.3. The van der Waals surface area contributed by atoms with E-state index in [9.17, 15) is 8.42 Å². The van der Waals surface area contributed by atoms with E-state index in [4.69, 9.17) is 4.74 Å². The van der Waals surface area contributed by atoms with Crippen molar-refractivity contribution in [3.05, 3.63) is 0 Å². The first-order chi connectivity index (χ1) is 8.09. The minimum absolute atomic E-state index is 0.0181. The lowest BCUT2D eigenvalue weighted by Gasteiger charge is -2.32. The molecule has 0 radical (unpaired) electrons. The van der Waals surface area contributed by atoms with Crippen molar-refractivity contribution in [1.82, 2.24) is 9.62 Å². The van der Waals surface area contributed by atoms with Crippen molar-refractivity contribution < 1.29 is 13.2 Å². The van der Waals surface area contributed by atoms with E-state index in [2.05, 4.69) is 5.32 Å². The molecule has 5 nitrogen and oxygen atoms in total. The molecule has 100 valence electrons. The van der Waals surface area contributed by atoms with Crippen LogP contribution in [0.15, 0.2) is 0 Å². The van der Waals surface area contributed by atoms with Crippen molar-refractivity contribution in [1.29, 1.82) is 0 Å². The second-order valence-corrected chi connectivity index (χ2v) is 6.97. The Bertz CT molecular complexity index is 339. The number of hydrogen-bond acceptors (Lipinski definition) is 4. The van der Waals surface area contributed by atoms with Crippen molar-refractivity contribution in [3.8, 4) is 0 Å². The van der Waals surface area contributed by atoms with E-state index < -0.39 is 10.0 Å². The molecule has 2 saturated heterocycles. The van der Waals surface area contributed by atoms with Crippen LogP contribution in [0.3, 0.4) is 0 Å². The summed E-state index contributed by atoms with van der Waals surface area (Å²) in [4.78, 5) is 0. The molecule has 2 rings (SSSR count). The molecular formula is C11H22N2O3S. The third-order valence-electron chi connectivity index (χ3n) is 3.45. The molecule has 0 saturated carbocycles. The summed E-state index contributed by atoms with van der Waals surface area (Å²) < 4.78 is 31.6. The summed E-state index contributed by atoms with van der Waals surface area (Å²) in [6, 6.07) is 0.0181. The summed E-state index contributed by atoms with van der Waals surface area (Å²) in [5, 5.41) is 3.28. The molecule has 2 unspecified atom stereocenters. The first-order valence-electron chi connectivity index (χ1n) is 6.41. The summed E-state index contributed by atoms with van der Waals surface area (Å²) >= 11 is 0. The molecule has 2 fully saturated rings. The Hall–Kier alpha value is -0.170. The molecule has 0 spiro atoms. The zero-order chi connectivity index (χ0) is 12.3. The number of nitrogens with one attached hydrogen (secondary N) is 1. The Kier molecular flexibility index (Phi) is 4.41. The second-order valence-electron chi connectivity index (χ2n) is 4.93. The fraction of sp³-hybridized carbons (Fsp3) is 1.00. The predicted octanol–water partition coefficient (Wildman–Crippen LogP) is 0.179. The van der Waals surface area contributed by atoms with Crippen LogP contribution in [0.5, 0.6) is 0 Å². The van der Waals surface area contributed by atoms with E-state index in [1.165, 1.54) is 0 Å². The molecule has 1 N–H and O–H groups in total. The van der Waals surface area contributed by atoms with Gasteiger partial charge in [-0.1, -0.05) is 0 Å². The van der Waals surface area contributed by atoms with Crippen LogP contribution in [-0.4, -0.2) is 56.9 Å². The van der Waals surface area contributed by atoms with Gasteiger partial charge in [-0.2, -0.15) is 4.31 Å². The molecule has 2 heterocycles. The van der Waals surface area contributed by atoms with E-state index in [1.807, 2.05) is 6.92 Å². The highest BCUT2D eigenvalue weighted by molar-refractivity contribution is 7.89. The van der Waals surface area contributed by atoms with Gasteiger partial charge in [0.15, 0.2) is 0 Å². The summed E-state index contributed by atoms with van der Waals surface area (Å²) in [5.41, 5.74) is 0. The third-order valence-corrected chi connectivity index (χ3v) is 5.48. The molecule has 0 aromatic rings. The number of sulfonamides is 1. The average molecular weight is 262 g/mol. The van der Waals surface area contributed by atoms with Crippen molar-refractivity contribution in [2.45, 2.75) is 38.3 Å². The lowest BCUT2D eigenvalue weighted by molar-refractivity contribution is 0.0867. The van der Waals surface area contributed by atoms with Crippen molar-refractivity contribution in [2.24, 2.45) is 0 Å². The van der Waals surface area contributed by atoms with Crippen LogP contribution in [0, 0.1) is 0 Å². The molecular weight excluding hydrogens is 240 g/mol. The molecule has 0 aromatic carbocycles. The first-order valence-corrected chi connectivity index (χ1v) is 8.02. The molecule has 2 aliphatic rings. The normalized spacial score (nSPS) is 35.4. The Morgan fingerprint density at radius 3 is 2.94 bits per heavy atom. The maximum atomic E-state index is 12.2. The van der Waals surface area contributed by atoms with Gasteiger partial charge in [-0.15, -0.1) is 0 Å². The number of hydrogen-bond donors (Lipinski definition) is 1. The van der Waals surface area contributed by atoms with Gasteiger partial charge in [-0.25, -0.2) is 8.42 Å². The van der Waals surface area contributed by atoms with Crippen molar-refractivity contribution in [2.75, 3.05) is 32.0 Å². The molecule has 0 aliphatic carbocycles. The maximum absolute atomic E-state index is 12.2. The van der Waals surface area contributed by atoms with Crippen LogP contribution in [0.2, 0.25) is 0 Å². The van der Waals surface area contributed by atoms with Gasteiger partial charge in [-0.05, 0) is 32.7 Å². The number of rotatable bonds is 2. The van der Waals surface area contributed by atoms with Gasteiger partial charge in [0.1, 0.15) is 0 Å². The van der Waals surface area contributed by atoms with Gasteiger partial charge < -0.3 is 10.1 Å². The fourth-order valence-electron chi connectivity index (χ4n) is 2.47. The minimum atomic E-state index is -3.11. The van der Waals surface area contributed by atoms with Crippen LogP contribution in [0.4, 0.5) is 0 Å². The van der Waals surface area contributed by atoms with Crippen LogP contribution < -0.4 is 5.32 Å². The van der Waals surface area contributed by atoms with Crippen LogP contribution >= 0.6 is 0 Å². The van der Waals surface area contributed by atoms with E-state index in [-0.39, 0.29) is 17.9 Å². The van der Waals surface area contributed by atoms with E-state index in [0.717, 1.165) is 32.5 Å². The van der Waals surface area contributed by atoms with E-state index in [1.54, 1.807) is 4.31 Å². The molecule has 0 bridgehead atoms. The predicted molar refractivity (Wildman–Crippen MR) is 66.4 cm³/mol. The average Bonchev–Trinajstić information content (AvgIpc) is 2.76. The van der Waals surface area contributed by atoms with Crippen LogP contribution in [0.1, 0.15) is 26.2 Å². The van der Waals surface area contributed by atoms with E-state index in [0.29, 0.717) is 13.0 Å². The summed E-state index contributed by atoms with van der Waals surface area (Å²) in [6.45, 7) is 4.77. The van der Waals surface area contributed by atoms with E-state index >= 15 is 0 Å². The van der Waals surface area contributed by atoms with Gasteiger partial charge in [0.05, 0.1) is 11.9 Å². The number of nitrogens with zero attached hydrogens (tertiary/aromatic N) is 1. The minimum Gasteiger partial charge on any atom is -0.377 e. The lowest BCUT2D eigenvalue weighted by Crippen LogP contribution is -2.50. The summed E-state index contributed by atoms with van der Waals surface area (Å²) in [7, 11) is -3.11. The highest BCUT2D eigenvalue weighted by Crippen LogP contribution is 2.18. The molecule has 2 atom stereocenters. The number of ether oxygens (including phenoxy) is 1. The molecule has 17 heavy (non-hydrogen) atoms. The van der Waals surface area contributed by atoms with Gasteiger partial charge in [0.25, 0.3) is 0 Å². The maximum Gasteiger partial charge on any atom is 0.214 e. The SMILES string of the molecule is CC1CNCCCS(=O)(=O)N1CC1CCCO1. The summed E-state index contributed by atoms with van der Waals surface area (Å²) in [5.74, 6) is 0.247. The van der Waals surface area contributed by atoms with Crippen LogP contribution in [0.25, 0.3) is 0 Å². The zero-order valence-corrected chi connectivity index (χ0v) is 11.2. The van der Waals surface area contributed by atoms with Gasteiger partial charge >= 0.3 is 0 Å². The van der Waals surface area contributed by atoms with Crippen molar-refractivity contribution in [3.63, 3.8) is 0 Å². The Balaban J connectivity index is 2.06. The second kappa shape index (κ2) is 5.65. The quantitative estimate of drug-likeness (QED) is 0.771. The Morgan fingerprint density at radius 1 is 1.41 bits per heavy atom. The largest absolute Gasteiger partial charge is 0.377 e. The summed E-state index contributed by atoms with van der Waals surface area (Å²) in [6.07, 6.45) is 2.81. The topological polar surface area (TPSA) is 58.6 Å². The highest BCUT2D eigenvalue weighted by atomic mass is 32.2. The van der Waals surface area contributed by atoms with Gasteiger partial charge in [0, 0.05) is 25.7 Å². The van der Waals surface area contributed by atoms with Crippen molar-refractivity contribution >= 4 is 10.0 Å². The molecule has 0 aromatic heterocycles. The Labute approximate surface area is 104 Å². The molecule has 6 heteroatoms. The van der Waals surface area contributed by atoms with Gasteiger partial charge in [-0.3, -0.25) is 0 Å². The lowest BCUT2D eigenvalue weighted by atomic mass is 10.2. The standard InChI is InChI=1S/C11H22N2O3S/c1-10-8-12-5-3-7-17(14,15)13(10)9-11-4-2-6-16-11/h10-12H,2-9H2,1H3. The molecule has 2 aliphatic heterocycles. The zero-order valence-electron chi connectivity index (χ0n) is 10.4.